The number of nitrogens with one attached hydrogen (secondary N) is 1. The molecule has 0 radical (unpaired) electrons. The van der Waals surface area contributed by atoms with Gasteiger partial charge in [0.25, 0.3) is 5.91 Å². The number of benzene rings is 2. The quantitative estimate of drug-likeness (QED) is 0.512. The second kappa shape index (κ2) is 12.5. The molecule has 2 fully saturated rings. The van der Waals surface area contributed by atoms with E-state index < -0.39 is 18.1 Å². The lowest BCUT2D eigenvalue weighted by Gasteiger charge is -2.37. The Morgan fingerprint density at radius 1 is 0.974 bits per heavy atom. The average Bonchev–Trinajstić information content (AvgIpc) is 3.50. The first kappa shape index (κ1) is 27.0. The van der Waals surface area contributed by atoms with Crippen molar-refractivity contribution in [3.05, 3.63) is 59.7 Å². The van der Waals surface area contributed by atoms with Gasteiger partial charge < -0.3 is 29.2 Å². The first-order valence-electron chi connectivity index (χ1n) is 13.8. The van der Waals surface area contributed by atoms with Crippen molar-refractivity contribution in [3.8, 4) is 11.5 Å². The number of methoxy groups -OCH3 is 1. The Balaban J connectivity index is 1.47. The third kappa shape index (κ3) is 6.36. The van der Waals surface area contributed by atoms with Crippen LogP contribution in [0.25, 0.3) is 0 Å². The Hall–Kier alpha value is -3.59. The van der Waals surface area contributed by atoms with E-state index in [-0.39, 0.29) is 37.1 Å². The maximum Gasteiger partial charge on any atom is 0.337 e. The zero-order chi connectivity index (χ0) is 27.2. The fraction of sp³-hybridized carbons (Fsp3) is 0.500. The van der Waals surface area contributed by atoms with Crippen molar-refractivity contribution >= 4 is 17.8 Å². The molecule has 1 N–H and O–H groups in total. The molecule has 9 nitrogen and oxygen atoms in total. The standard InChI is InChI=1S/C30H36N2O7/c1-36-30(35)21-15-13-20(14-16-21)27(28(33)31-22-8-3-2-4-9-22)32(18-23-10-7-17-37-23)29(34)26-19-38-24-11-5-6-12-25(24)39-26/h5-6,11-16,22-23,26-27H,2-4,7-10,17-19H2,1H3,(H,31,33)/t23-,26-,27+/m0/s1. The summed E-state index contributed by atoms with van der Waals surface area (Å²) in [6.07, 6.45) is 5.71. The summed E-state index contributed by atoms with van der Waals surface area (Å²) in [6.45, 7) is 0.897. The van der Waals surface area contributed by atoms with Crippen LogP contribution in [-0.4, -0.2) is 67.8 Å². The van der Waals surface area contributed by atoms with E-state index in [2.05, 4.69) is 5.32 Å². The van der Waals surface area contributed by atoms with Crippen molar-refractivity contribution in [2.45, 2.75) is 69.2 Å². The SMILES string of the molecule is COC(=O)c1ccc([C@H](C(=O)NC2CCCCC2)N(C[C@@H]2CCCO2)C(=O)[C@@H]2COc3ccccc3O2)cc1. The van der Waals surface area contributed by atoms with Crippen LogP contribution in [0, 0.1) is 0 Å². The first-order valence-corrected chi connectivity index (χ1v) is 13.8. The molecule has 0 unspecified atom stereocenters. The monoisotopic (exact) mass is 536 g/mol. The number of ether oxygens (including phenoxy) is 4. The second-order valence-corrected chi connectivity index (χ2v) is 10.3. The minimum atomic E-state index is -0.934. The molecule has 0 spiro atoms. The van der Waals surface area contributed by atoms with Gasteiger partial charge in [-0.1, -0.05) is 43.5 Å². The highest BCUT2D eigenvalue weighted by Crippen LogP contribution is 2.33. The Morgan fingerprint density at radius 2 is 1.72 bits per heavy atom. The van der Waals surface area contributed by atoms with E-state index in [1.165, 1.54) is 7.11 Å². The number of fused-ring (bicyclic) bond motifs is 1. The summed E-state index contributed by atoms with van der Waals surface area (Å²) in [5.74, 6) is 0.00233. The highest BCUT2D eigenvalue weighted by molar-refractivity contribution is 5.92. The number of nitrogens with zero attached hydrogens (tertiary/aromatic N) is 1. The highest BCUT2D eigenvalue weighted by Gasteiger charge is 2.40. The predicted octanol–water partition coefficient (Wildman–Crippen LogP) is 3.81. The normalized spacial score (nSPS) is 21.6. The van der Waals surface area contributed by atoms with Crippen LogP contribution >= 0.6 is 0 Å². The van der Waals surface area contributed by atoms with Crippen LogP contribution in [0.2, 0.25) is 0 Å². The smallest absolute Gasteiger partial charge is 0.337 e. The van der Waals surface area contributed by atoms with Crippen molar-refractivity contribution in [3.63, 3.8) is 0 Å². The minimum absolute atomic E-state index is 0.0378. The van der Waals surface area contributed by atoms with Gasteiger partial charge in [-0.25, -0.2) is 4.79 Å². The van der Waals surface area contributed by atoms with Gasteiger partial charge >= 0.3 is 5.97 Å². The molecule has 3 atom stereocenters. The summed E-state index contributed by atoms with van der Waals surface area (Å²) in [6, 6.07) is 13.0. The summed E-state index contributed by atoms with van der Waals surface area (Å²) >= 11 is 0. The molecule has 1 aliphatic carbocycles. The van der Waals surface area contributed by atoms with Crippen LogP contribution in [-0.2, 0) is 19.1 Å². The van der Waals surface area contributed by atoms with E-state index >= 15 is 0 Å². The maximum atomic E-state index is 14.1. The number of para-hydroxylation sites is 2. The zero-order valence-corrected chi connectivity index (χ0v) is 22.3. The van der Waals surface area contributed by atoms with Gasteiger partial charge in [-0.15, -0.1) is 0 Å². The number of carbonyl (C=O) groups is 3. The topological polar surface area (TPSA) is 103 Å². The second-order valence-electron chi connectivity index (χ2n) is 10.3. The Kier molecular flexibility index (Phi) is 8.66. The molecule has 2 aliphatic heterocycles. The first-order chi connectivity index (χ1) is 19.0. The number of rotatable bonds is 8. The molecule has 0 aromatic heterocycles. The number of amides is 2. The third-order valence-electron chi connectivity index (χ3n) is 7.65. The molecule has 3 aliphatic rings. The van der Waals surface area contributed by atoms with Crippen molar-refractivity contribution in [2.75, 3.05) is 26.9 Å². The molecule has 208 valence electrons. The lowest BCUT2D eigenvalue weighted by molar-refractivity contribution is -0.150. The summed E-state index contributed by atoms with van der Waals surface area (Å²) in [4.78, 5) is 41.7. The Morgan fingerprint density at radius 3 is 2.41 bits per heavy atom. The zero-order valence-electron chi connectivity index (χ0n) is 22.3. The lowest BCUT2D eigenvalue weighted by Crippen LogP contribution is -2.54. The molecule has 0 bridgehead atoms. The van der Waals surface area contributed by atoms with Gasteiger partial charge in [-0.2, -0.15) is 0 Å². The fourth-order valence-corrected chi connectivity index (χ4v) is 5.58. The highest BCUT2D eigenvalue weighted by atomic mass is 16.6. The van der Waals surface area contributed by atoms with E-state index in [1.807, 2.05) is 12.1 Å². The van der Waals surface area contributed by atoms with Gasteiger partial charge in [0.2, 0.25) is 12.0 Å². The van der Waals surface area contributed by atoms with E-state index in [0.29, 0.717) is 29.2 Å². The largest absolute Gasteiger partial charge is 0.485 e. The lowest BCUT2D eigenvalue weighted by atomic mass is 9.94. The molecular formula is C30H36N2O7. The summed E-state index contributed by atoms with van der Waals surface area (Å²) < 4.78 is 22.7. The molecule has 2 amide bonds. The minimum Gasteiger partial charge on any atom is -0.485 e. The van der Waals surface area contributed by atoms with Crippen molar-refractivity contribution in [1.29, 1.82) is 0 Å². The predicted molar refractivity (Wildman–Crippen MR) is 143 cm³/mol. The van der Waals surface area contributed by atoms with Gasteiger partial charge in [-0.05, 0) is 55.5 Å². The number of esters is 1. The molecule has 1 saturated carbocycles. The Bertz CT molecular complexity index is 1160. The van der Waals surface area contributed by atoms with E-state index in [1.54, 1.807) is 41.3 Å². The fourth-order valence-electron chi connectivity index (χ4n) is 5.58. The van der Waals surface area contributed by atoms with Crippen LogP contribution in [0.1, 0.15) is 66.9 Å². The number of hydrogen-bond donors (Lipinski definition) is 1. The van der Waals surface area contributed by atoms with E-state index in [4.69, 9.17) is 18.9 Å². The molecule has 2 aromatic carbocycles. The van der Waals surface area contributed by atoms with Crippen LogP contribution in [0.15, 0.2) is 48.5 Å². The number of carbonyl (C=O) groups excluding carboxylic acids is 3. The van der Waals surface area contributed by atoms with E-state index in [9.17, 15) is 14.4 Å². The average molecular weight is 537 g/mol. The van der Waals surface area contributed by atoms with Gasteiger partial charge in [0.15, 0.2) is 11.5 Å². The van der Waals surface area contributed by atoms with Crippen molar-refractivity contribution in [2.24, 2.45) is 0 Å². The summed E-state index contributed by atoms with van der Waals surface area (Å²) in [5.41, 5.74) is 0.963. The molecule has 5 rings (SSSR count). The van der Waals surface area contributed by atoms with Crippen LogP contribution in [0.5, 0.6) is 11.5 Å². The van der Waals surface area contributed by atoms with Crippen molar-refractivity contribution < 1.29 is 33.3 Å². The van der Waals surface area contributed by atoms with Crippen LogP contribution in [0.4, 0.5) is 0 Å². The molecule has 1 saturated heterocycles. The molecule has 2 heterocycles. The Labute approximate surface area is 228 Å². The van der Waals surface area contributed by atoms with Crippen LogP contribution in [0.3, 0.4) is 0 Å². The van der Waals surface area contributed by atoms with Gasteiger partial charge in [0.1, 0.15) is 12.6 Å². The molecule has 2 aromatic rings. The number of hydrogen-bond acceptors (Lipinski definition) is 7. The molecule has 9 heteroatoms. The van der Waals surface area contributed by atoms with E-state index in [0.717, 1.165) is 44.9 Å². The van der Waals surface area contributed by atoms with Crippen molar-refractivity contribution in [1.82, 2.24) is 10.2 Å². The van der Waals surface area contributed by atoms with Gasteiger partial charge in [0, 0.05) is 19.2 Å². The van der Waals surface area contributed by atoms with Gasteiger partial charge in [0.05, 0.1) is 18.8 Å². The molecule has 39 heavy (non-hydrogen) atoms. The summed E-state index contributed by atoms with van der Waals surface area (Å²) in [7, 11) is 1.32. The van der Waals surface area contributed by atoms with Crippen LogP contribution < -0.4 is 14.8 Å². The molecular weight excluding hydrogens is 500 g/mol. The maximum absolute atomic E-state index is 14.1. The van der Waals surface area contributed by atoms with Gasteiger partial charge in [-0.3, -0.25) is 9.59 Å². The third-order valence-corrected chi connectivity index (χ3v) is 7.65. The summed E-state index contributed by atoms with van der Waals surface area (Å²) in [5, 5.41) is 3.21.